The van der Waals surface area contributed by atoms with Gasteiger partial charge in [-0.15, -0.1) is 0 Å². The predicted octanol–water partition coefficient (Wildman–Crippen LogP) is 8.26. The number of hydrogen-bond donors (Lipinski definition) is 1. The normalized spacial score (nSPS) is 37.4. The maximum absolute atomic E-state index is 10.1. The van der Waals surface area contributed by atoms with E-state index >= 15 is 0 Å². The molecule has 1 nitrogen and oxygen atoms in total. The molecule has 1 heteroatoms. The lowest BCUT2D eigenvalue weighted by Crippen LogP contribution is -2.36. The molecule has 0 radical (unpaired) electrons. The third-order valence-electron chi connectivity index (χ3n) is 9.48. The van der Waals surface area contributed by atoms with Gasteiger partial charge in [-0.2, -0.15) is 0 Å². The summed E-state index contributed by atoms with van der Waals surface area (Å²) in [6.45, 7) is 19.0. The van der Waals surface area contributed by atoms with Gasteiger partial charge in [0, 0.05) is 0 Å². The van der Waals surface area contributed by atoms with E-state index in [0.29, 0.717) is 5.41 Å². The molecule has 0 saturated heterocycles. The van der Waals surface area contributed by atoms with E-state index in [1.54, 1.807) is 5.57 Å². The van der Waals surface area contributed by atoms with Crippen molar-refractivity contribution in [2.24, 2.45) is 35.0 Å². The van der Waals surface area contributed by atoms with Crippen molar-refractivity contribution in [2.75, 3.05) is 0 Å². The summed E-state index contributed by atoms with van der Waals surface area (Å²) in [6.07, 6.45) is 14.4. The second-order valence-electron chi connectivity index (χ2n) is 11.7. The molecule has 0 bridgehead atoms. The third-order valence-corrected chi connectivity index (χ3v) is 9.48. The van der Waals surface area contributed by atoms with Crippen molar-refractivity contribution in [2.45, 2.75) is 112 Å². The van der Waals surface area contributed by atoms with Crippen LogP contribution in [0, 0.1) is 35.0 Å². The monoisotopic (exact) mass is 412 g/mol. The van der Waals surface area contributed by atoms with Crippen LogP contribution in [0.4, 0.5) is 0 Å². The van der Waals surface area contributed by atoms with Crippen LogP contribution in [0.5, 0.6) is 0 Å². The molecule has 3 aliphatic carbocycles. The Morgan fingerprint density at radius 1 is 1.13 bits per heavy atom. The Balaban J connectivity index is 1.76. The topological polar surface area (TPSA) is 20.2 Å². The zero-order chi connectivity index (χ0) is 22.1. The lowest BCUT2D eigenvalue weighted by molar-refractivity contribution is 0.0902. The molecule has 3 saturated carbocycles. The smallest absolute Gasteiger partial charge is 0.0583 e. The zero-order valence-corrected chi connectivity index (χ0v) is 20.8. The Bertz CT molecular complexity index is 680. The van der Waals surface area contributed by atoms with Crippen molar-refractivity contribution < 1.29 is 5.11 Å². The van der Waals surface area contributed by atoms with Gasteiger partial charge in [-0.25, -0.2) is 0 Å². The van der Waals surface area contributed by atoms with E-state index in [1.165, 1.54) is 61.7 Å². The van der Waals surface area contributed by atoms with Gasteiger partial charge in [0.2, 0.25) is 0 Å². The summed E-state index contributed by atoms with van der Waals surface area (Å²) in [5.41, 5.74) is 6.25. The van der Waals surface area contributed by atoms with Crippen LogP contribution in [0.15, 0.2) is 34.9 Å². The lowest BCUT2D eigenvalue weighted by atomic mass is 9.60. The standard InChI is InChI=1S/C29H48O/c1-19(2)20(3)10-11-22(5)27-14-15-28-26(9-8-16-29(27,28)7)23(6)17-24-18-25(30)13-12-21(24)4/h17,19-20,22,25,27-28,30H,4,8-16,18H2,1-3,5-7H3/b24-17-,26-23+/t20-,22+,25-,27?,28?,29+/m0/s1. The Morgan fingerprint density at radius 2 is 1.87 bits per heavy atom. The predicted molar refractivity (Wildman–Crippen MR) is 130 cm³/mol. The number of allylic oxidation sites excluding steroid dienone is 4. The number of aliphatic hydroxyl groups is 1. The number of rotatable bonds is 6. The van der Waals surface area contributed by atoms with Crippen molar-refractivity contribution in [3.8, 4) is 0 Å². The van der Waals surface area contributed by atoms with Gasteiger partial charge in [0.05, 0.1) is 6.10 Å². The van der Waals surface area contributed by atoms with E-state index in [2.05, 4.69) is 54.2 Å². The molecule has 0 aromatic carbocycles. The Morgan fingerprint density at radius 3 is 2.57 bits per heavy atom. The molecule has 0 spiro atoms. The largest absolute Gasteiger partial charge is 0.393 e. The first-order chi connectivity index (χ1) is 14.1. The third kappa shape index (κ3) is 4.98. The lowest BCUT2D eigenvalue weighted by Gasteiger charge is -2.45. The zero-order valence-electron chi connectivity index (χ0n) is 20.8. The summed E-state index contributed by atoms with van der Waals surface area (Å²) in [6, 6.07) is 0. The summed E-state index contributed by atoms with van der Waals surface area (Å²) in [5.74, 6) is 4.13. The van der Waals surface area contributed by atoms with Crippen molar-refractivity contribution >= 4 is 0 Å². The number of fused-ring (bicyclic) bond motifs is 1. The number of hydrogen-bond acceptors (Lipinski definition) is 1. The minimum Gasteiger partial charge on any atom is -0.393 e. The SMILES string of the molecule is C=C1CC[C@H](O)C/C1=C/C(C)=C1\CCC[C@@]2(C)C1CCC2[C@H](C)CC[C@H](C)C(C)C. The van der Waals surface area contributed by atoms with Gasteiger partial charge in [-0.1, -0.05) is 76.8 Å². The van der Waals surface area contributed by atoms with Gasteiger partial charge in [0.15, 0.2) is 0 Å². The van der Waals surface area contributed by atoms with Crippen LogP contribution in [-0.4, -0.2) is 11.2 Å². The van der Waals surface area contributed by atoms with E-state index in [4.69, 9.17) is 0 Å². The highest BCUT2D eigenvalue weighted by Gasteiger charge is 2.50. The molecule has 6 atom stereocenters. The summed E-state index contributed by atoms with van der Waals surface area (Å²) >= 11 is 0. The quantitative estimate of drug-likeness (QED) is 0.465. The van der Waals surface area contributed by atoms with Gasteiger partial charge in [0.1, 0.15) is 0 Å². The van der Waals surface area contributed by atoms with Crippen molar-refractivity contribution in [1.29, 1.82) is 0 Å². The highest BCUT2D eigenvalue weighted by Crippen LogP contribution is 2.60. The Hall–Kier alpha value is -0.820. The Kier molecular flexibility index (Phi) is 7.76. The molecule has 2 unspecified atom stereocenters. The first-order valence-electron chi connectivity index (χ1n) is 12.9. The fourth-order valence-corrected chi connectivity index (χ4v) is 7.01. The van der Waals surface area contributed by atoms with Crippen LogP contribution >= 0.6 is 0 Å². The first-order valence-corrected chi connectivity index (χ1v) is 12.9. The highest BCUT2D eigenvalue weighted by atomic mass is 16.3. The molecule has 1 N–H and O–H groups in total. The Labute approximate surface area is 187 Å². The summed E-state index contributed by atoms with van der Waals surface area (Å²) < 4.78 is 0. The molecule has 3 fully saturated rings. The summed E-state index contributed by atoms with van der Waals surface area (Å²) in [4.78, 5) is 0. The molecular formula is C29H48O. The molecule has 3 aliphatic rings. The van der Waals surface area contributed by atoms with Crippen LogP contribution < -0.4 is 0 Å². The number of aliphatic hydroxyl groups excluding tert-OH is 1. The maximum Gasteiger partial charge on any atom is 0.0583 e. The second-order valence-corrected chi connectivity index (χ2v) is 11.7. The molecule has 3 rings (SSSR count). The molecule has 0 heterocycles. The van der Waals surface area contributed by atoms with E-state index < -0.39 is 0 Å². The van der Waals surface area contributed by atoms with Gasteiger partial charge in [-0.05, 0) is 98.9 Å². The van der Waals surface area contributed by atoms with Gasteiger partial charge >= 0.3 is 0 Å². The van der Waals surface area contributed by atoms with Crippen molar-refractivity contribution in [3.05, 3.63) is 34.9 Å². The maximum atomic E-state index is 10.1. The van der Waals surface area contributed by atoms with Crippen LogP contribution in [0.2, 0.25) is 0 Å². The summed E-state index contributed by atoms with van der Waals surface area (Å²) in [5, 5.41) is 10.1. The van der Waals surface area contributed by atoms with E-state index in [9.17, 15) is 5.11 Å². The van der Waals surface area contributed by atoms with E-state index in [-0.39, 0.29) is 6.10 Å². The van der Waals surface area contributed by atoms with Crippen LogP contribution in [-0.2, 0) is 0 Å². The van der Waals surface area contributed by atoms with Gasteiger partial charge in [0.25, 0.3) is 0 Å². The summed E-state index contributed by atoms with van der Waals surface area (Å²) in [7, 11) is 0. The van der Waals surface area contributed by atoms with Crippen molar-refractivity contribution in [3.63, 3.8) is 0 Å². The molecule has 0 amide bonds. The molecule has 0 aromatic heterocycles. The van der Waals surface area contributed by atoms with E-state index in [1.807, 2.05) is 0 Å². The first kappa shape index (κ1) is 23.8. The average Bonchev–Trinajstić information content (AvgIpc) is 3.05. The molecular weight excluding hydrogens is 364 g/mol. The average molecular weight is 413 g/mol. The molecule has 0 aliphatic heterocycles. The minimum absolute atomic E-state index is 0.180. The van der Waals surface area contributed by atoms with Gasteiger partial charge < -0.3 is 5.11 Å². The fraction of sp³-hybridized carbons (Fsp3) is 0.793. The van der Waals surface area contributed by atoms with Crippen LogP contribution in [0.1, 0.15) is 106 Å². The minimum atomic E-state index is -0.180. The molecule has 170 valence electrons. The van der Waals surface area contributed by atoms with E-state index in [0.717, 1.165) is 48.9 Å². The highest BCUT2D eigenvalue weighted by molar-refractivity contribution is 5.40. The van der Waals surface area contributed by atoms with Crippen LogP contribution in [0.25, 0.3) is 0 Å². The fourth-order valence-electron chi connectivity index (χ4n) is 7.01. The second kappa shape index (κ2) is 9.76. The molecule has 30 heavy (non-hydrogen) atoms. The van der Waals surface area contributed by atoms with Crippen molar-refractivity contribution in [1.82, 2.24) is 0 Å². The molecule has 0 aromatic rings. The van der Waals surface area contributed by atoms with Gasteiger partial charge in [-0.3, -0.25) is 0 Å². The van der Waals surface area contributed by atoms with Crippen LogP contribution in [0.3, 0.4) is 0 Å².